The molecule has 0 spiro atoms. The van der Waals surface area contributed by atoms with Gasteiger partial charge >= 0.3 is 0 Å². The average molecular weight is 327 g/mol. The molecule has 4 heteroatoms. The topological polar surface area (TPSA) is 37.8 Å². The molecule has 0 aromatic carbocycles. The van der Waals surface area contributed by atoms with Crippen LogP contribution < -0.4 is 5.32 Å². The van der Waals surface area contributed by atoms with Gasteiger partial charge in [0.1, 0.15) is 0 Å². The van der Waals surface area contributed by atoms with E-state index in [1.54, 1.807) is 0 Å². The summed E-state index contributed by atoms with van der Waals surface area (Å²) < 4.78 is 0. The Labute approximate surface area is 142 Å². The van der Waals surface area contributed by atoms with Gasteiger partial charge in [-0.2, -0.15) is 0 Å². The minimum absolute atomic E-state index is 0.382. The lowest BCUT2D eigenvalue weighted by Crippen LogP contribution is -2.27. The Morgan fingerprint density at radius 2 is 1.96 bits per heavy atom. The average Bonchev–Trinajstić information content (AvgIpc) is 3.19. The molecule has 4 rings (SSSR count). The second-order valence-electron chi connectivity index (χ2n) is 6.95. The standard InChI is InChI=1S/C19H25N3S/c1-2-7-14(6-1)18(17-10-3-4-11-20-17)21-12-16-13-22-19(23-16)15-8-5-9-15/h3-4,10-11,13-15,18,21H,1-2,5-9,12H2. The second-order valence-corrected chi connectivity index (χ2v) is 8.10. The van der Waals surface area contributed by atoms with Gasteiger partial charge < -0.3 is 5.32 Å². The van der Waals surface area contributed by atoms with Gasteiger partial charge in [0.2, 0.25) is 0 Å². The van der Waals surface area contributed by atoms with E-state index in [-0.39, 0.29) is 0 Å². The van der Waals surface area contributed by atoms with Crippen LogP contribution in [0.5, 0.6) is 0 Å². The molecule has 0 saturated heterocycles. The molecule has 2 aromatic heterocycles. The number of nitrogens with one attached hydrogen (secondary N) is 1. The van der Waals surface area contributed by atoms with Gasteiger partial charge in [-0.3, -0.25) is 4.98 Å². The Hall–Kier alpha value is -1.26. The van der Waals surface area contributed by atoms with Gasteiger partial charge in [0.15, 0.2) is 0 Å². The SMILES string of the molecule is c1ccc(C(NCc2cnc(C3CCC3)s2)C2CCCC2)nc1. The highest BCUT2D eigenvalue weighted by Gasteiger charge is 2.27. The van der Waals surface area contributed by atoms with Gasteiger partial charge in [-0.1, -0.05) is 25.3 Å². The molecule has 0 amide bonds. The summed E-state index contributed by atoms with van der Waals surface area (Å²) in [5.74, 6) is 1.47. The molecule has 2 heterocycles. The summed E-state index contributed by atoms with van der Waals surface area (Å²) in [6, 6.07) is 6.66. The molecule has 1 N–H and O–H groups in total. The van der Waals surface area contributed by atoms with Gasteiger partial charge in [0.25, 0.3) is 0 Å². The van der Waals surface area contributed by atoms with Gasteiger partial charge in [-0.15, -0.1) is 11.3 Å². The first-order valence-electron chi connectivity index (χ1n) is 8.99. The van der Waals surface area contributed by atoms with Crippen LogP contribution in [0.2, 0.25) is 0 Å². The van der Waals surface area contributed by atoms with Crippen molar-refractivity contribution in [1.82, 2.24) is 15.3 Å². The summed E-state index contributed by atoms with van der Waals surface area (Å²) in [5, 5.41) is 5.14. The van der Waals surface area contributed by atoms with Crippen molar-refractivity contribution in [2.75, 3.05) is 0 Å². The monoisotopic (exact) mass is 327 g/mol. The first kappa shape index (κ1) is 15.3. The van der Waals surface area contributed by atoms with Crippen LogP contribution in [0.1, 0.15) is 72.5 Å². The minimum Gasteiger partial charge on any atom is -0.303 e. The summed E-state index contributed by atoms with van der Waals surface area (Å²) >= 11 is 1.90. The van der Waals surface area contributed by atoms with E-state index in [0.717, 1.165) is 18.4 Å². The van der Waals surface area contributed by atoms with Crippen LogP contribution in [-0.4, -0.2) is 9.97 Å². The third kappa shape index (κ3) is 3.48. The van der Waals surface area contributed by atoms with E-state index >= 15 is 0 Å². The van der Waals surface area contributed by atoms with E-state index in [1.165, 1.54) is 60.5 Å². The summed E-state index contributed by atoms with van der Waals surface area (Å²) in [4.78, 5) is 10.6. The van der Waals surface area contributed by atoms with E-state index in [4.69, 9.17) is 0 Å². The number of aromatic nitrogens is 2. The molecule has 0 bridgehead atoms. The summed E-state index contributed by atoms with van der Waals surface area (Å²) in [7, 11) is 0. The predicted octanol–water partition coefficient (Wildman–Crippen LogP) is 4.83. The van der Waals surface area contributed by atoms with E-state index in [2.05, 4.69) is 33.6 Å². The predicted molar refractivity (Wildman–Crippen MR) is 94.5 cm³/mol. The van der Waals surface area contributed by atoms with Gasteiger partial charge in [-0.25, -0.2) is 4.98 Å². The molecule has 2 aliphatic carbocycles. The Bertz CT molecular complexity index is 615. The Balaban J connectivity index is 1.43. The quantitative estimate of drug-likeness (QED) is 0.826. The largest absolute Gasteiger partial charge is 0.303 e. The molecule has 2 aromatic rings. The summed E-state index contributed by atoms with van der Waals surface area (Å²) in [5.41, 5.74) is 1.20. The maximum absolute atomic E-state index is 4.65. The number of pyridine rings is 1. The molecule has 2 fully saturated rings. The molecule has 2 saturated carbocycles. The van der Waals surface area contributed by atoms with E-state index in [0.29, 0.717) is 6.04 Å². The lowest BCUT2D eigenvalue weighted by atomic mass is 9.86. The van der Waals surface area contributed by atoms with Gasteiger partial charge in [0, 0.05) is 29.7 Å². The highest BCUT2D eigenvalue weighted by atomic mass is 32.1. The van der Waals surface area contributed by atoms with Crippen molar-refractivity contribution >= 4 is 11.3 Å². The zero-order chi connectivity index (χ0) is 15.5. The molecule has 2 aliphatic rings. The highest BCUT2D eigenvalue weighted by Crippen LogP contribution is 2.39. The summed E-state index contributed by atoms with van der Waals surface area (Å²) in [6.45, 7) is 0.919. The Morgan fingerprint density at radius 3 is 2.65 bits per heavy atom. The van der Waals surface area contributed by atoms with Crippen LogP contribution in [-0.2, 0) is 6.54 Å². The molecular weight excluding hydrogens is 302 g/mol. The molecule has 0 radical (unpaired) electrons. The molecule has 1 atom stereocenters. The first-order chi connectivity index (χ1) is 11.4. The molecule has 1 unspecified atom stereocenters. The number of hydrogen-bond acceptors (Lipinski definition) is 4. The molecule has 0 aliphatic heterocycles. The van der Waals surface area contributed by atoms with Crippen molar-refractivity contribution in [3.05, 3.63) is 46.2 Å². The Morgan fingerprint density at radius 1 is 1.09 bits per heavy atom. The molecular formula is C19H25N3S. The van der Waals surface area contributed by atoms with Crippen LogP contribution in [0, 0.1) is 5.92 Å². The molecule has 3 nitrogen and oxygen atoms in total. The van der Waals surface area contributed by atoms with Gasteiger partial charge in [0.05, 0.1) is 16.7 Å². The lowest BCUT2D eigenvalue weighted by Gasteiger charge is -2.24. The zero-order valence-corrected chi connectivity index (χ0v) is 14.4. The van der Waals surface area contributed by atoms with Crippen LogP contribution in [0.3, 0.4) is 0 Å². The van der Waals surface area contributed by atoms with Gasteiger partial charge in [-0.05, 0) is 43.7 Å². The van der Waals surface area contributed by atoms with Crippen molar-refractivity contribution < 1.29 is 0 Å². The lowest BCUT2D eigenvalue weighted by molar-refractivity contribution is 0.360. The number of rotatable bonds is 6. The van der Waals surface area contributed by atoms with Crippen LogP contribution in [0.25, 0.3) is 0 Å². The van der Waals surface area contributed by atoms with Crippen molar-refractivity contribution in [2.24, 2.45) is 5.92 Å². The van der Waals surface area contributed by atoms with Crippen molar-refractivity contribution in [3.8, 4) is 0 Å². The fraction of sp³-hybridized carbons (Fsp3) is 0.579. The summed E-state index contributed by atoms with van der Waals surface area (Å²) in [6.07, 6.45) is 13.4. The van der Waals surface area contributed by atoms with Crippen LogP contribution >= 0.6 is 11.3 Å². The molecule has 23 heavy (non-hydrogen) atoms. The normalized spacial score (nSPS) is 20.5. The third-order valence-corrected chi connectivity index (χ3v) is 6.56. The zero-order valence-electron chi connectivity index (χ0n) is 13.6. The van der Waals surface area contributed by atoms with Crippen LogP contribution in [0.15, 0.2) is 30.6 Å². The number of hydrogen-bond donors (Lipinski definition) is 1. The second kappa shape index (κ2) is 7.10. The van der Waals surface area contributed by atoms with Crippen molar-refractivity contribution in [2.45, 2.75) is 63.5 Å². The van der Waals surface area contributed by atoms with Crippen LogP contribution in [0.4, 0.5) is 0 Å². The fourth-order valence-corrected chi connectivity index (χ4v) is 4.86. The van der Waals surface area contributed by atoms with E-state index in [9.17, 15) is 0 Å². The van der Waals surface area contributed by atoms with E-state index < -0.39 is 0 Å². The third-order valence-electron chi connectivity index (χ3n) is 5.40. The maximum atomic E-state index is 4.65. The smallest absolute Gasteiger partial charge is 0.0959 e. The molecule has 122 valence electrons. The fourth-order valence-electron chi connectivity index (χ4n) is 3.82. The first-order valence-corrected chi connectivity index (χ1v) is 9.81. The number of nitrogens with zero attached hydrogens (tertiary/aromatic N) is 2. The van der Waals surface area contributed by atoms with Crippen molar-refractivity contribution in [3.63, 3.8) is 0 Å². The van der Waals surface area contributed by atoms with Crippen molar-refractivity contribution in [1.29, 1.82) is 0 Å². The Kier molecular flexibility index (Phi) is 4.72. The van der Waals surface area contributed by atoms with E-state index in [1.807, 2.05) is 23.6 Å². The minimum atomic E-state index is 0.382. The number of thiazole rings is 1. The highest BCUT2D eigenvalue weighted by molar-refractivity contribution is 7.11. The maximum Gasteiger partial charge on any atom is 0.0959 e.